The van der Waals surface area contributed by atoms with Crippen molar-refractivity contribution in [3.63, 3.8) is 0 Å². The van der Waals surface area contributed by atoms with Gasteiger partial charge in [0.05, 0.1) is 19.8 Å². The van der Waals surface area contributed by atoms with E-state index in [1.54, 1.807) is 19.2 Å². The normalized spacial score (nSPS) is 19.6. The van der Waals surface area contributed by atoms with Crippen LogP contribution in [0.1, 0.15) is 5.56 Å². The molecule has 0 radical (unpaired) electrons. The number of likely N-dealkylation sites (N-methyl/N-ethyl adjacent to an activating group) is 1. The molecule has 5 nitrogen and oxygen atoms in total. The van der Waals surface area contributed by atoms with Crippen molar-refractivity contribution in [1.29, 1.82) is 0 Å². The van der Waals surface area contributed by atoms with Crippen LogP contribution in [0, 0.1) is 0 Å². The molecule has 1 aromatic rings. The van der Waals surface area contributed by atoms with Gasteiger partial charge in [-0.05, 0) is 25.2 Å². The third-order valence-electron chi connectivity index (χ3n) is 3.25. The van der Waals surface area contributed by atoms with E-state index in [9.17, 15) is 5.11 Å². The second kappa shape index (κ2) is 6.75. The maximum Gasteiger partial charge on any atom is 0.120 e. The number of hydrogen-bond acceptors (Lipinski definition) is 5. The highest BCUT2D eigenvalue weighted by molar-refractivity contribution is 5.39. The van der Waals surface area contributed by atoms with Crippen LogP contribution < -0.4 is 10.1 Å². The monoisotopic (exact) mass is 266 g/mol. The average Bonchev–Trinajstić information content (AvgIpc) is 2.42. The second-order valence-corrected chi connectivity index (χ2v) is 4.89. The van der Waals surface area contributed by atoms with Crippen LogP contribution >= 0.6 is 0 Å². The number of aromatic hydroxyl groups is 1. The minimum Gasteiger partial charge on any atom is -0.508 e. The number of nitrogens with one attached hydrogen (secondary N) is 1. The molecule has 1 atom stereocenters. The topological polar surface area (TPSA) is 54.0 Å². The maximum absolute atomic E-state index is 9.86. The minimum atomic E-state index is 0.214. The zero-order valence-electron chi connectivity index (χ0n) is 11.6. The first-order valence-electron chi connectivity index (χ1n) is 6.56. The van der Waals surface area contributed by atoms with Gasteiger partial charge in [0.1, 0.15) is 11.5 Å². The molecule has 5 heteroatoms. The second-order valence-electron chi connectivity index (χ2n) is 4.89. The summed E-state index contributed by atoms with van der Waals surface area (Å²) in [5.74, 6) is 1.06. The Labute approximate surface area is 114 Å². The summed E-state index contributed by atoms with van der Waals surface area (Å²) in [6.07, 6.45) is 0.214. The molecule has 1 aliphatic rings. The summed E-state index contributed by atoms with van der Waals surface area (Å²) in [6, 6.07) is 5.29. The van der Waals surface area contributed by atoms with Crippen LogP contribution in [0.3, 0.4) is 0 Å². The Kier molecular flexibility index (Phi) is 5.01. The molecular weight excluding hydrogens is 244 g/mol. The molecule has 1 heterocycles. The molecule has 2 rings (SSSR count). The van der Waals surface area contributed by atoms with E-state index in [1.807, 2.05) is 13.1 Å². The van der Waals surface area contributed by atoms with Gasteiger partial charge in [0, 0.05) is 31.7 Å². The molecule has 0 bridgehead atoms. The van der Waals surface area contributed by atoms with Crippen molar-refractivity contribution < 1.29 is 14.6 Å². The van der Waals surface area contributed by atoms with Gasteiger partial charge in [-0.1, -0.05) is 0 Å². The lowest BCUT2D eigenvalue weighted by molar-refractivity contribution is 0.00875. The molecule has 2 N–H and O–H groups in total. The van der Waals surface area contributed by atoms with E-state index in [0.29, 0.717) is 12.3 Å². The van der Waals surface area contributed by atoms with Gasteiger partial charge in [-0.2, -0.15) is 0 Å². The highest BCUT2D eigenvalue weighted by atomic mass is 16.5. The summed E-state index contributed by atoms with van der Waals surface area (Å²) in [7, 11) is 3.65. The number of hydrogen-bond donors (Lipinski definition) is 2. The Morgan fingerprint density at radius 1 is 1.53 bits per heavy atom. The first-order chi connectivity index (χ1) is 9.19. The van der Waals surface area contributed by atoms with Gasteiger partial charge in [0.25, 0.3) is 0 Å². The van der Waals surface area contributed by atoms with Gasteiger partial charge < -0.3 is 19.9 Å². The van der Waals surface area contributed by atoms with Gasteiger partial charge in [-0.15, -0.1) is 0 Å². The van der Waals surface area contributed by atoms with E-state index in [-0.39, 0.29) is 6.10 Å². The van der Waals surface area contributed by atoms with Crippen LogP contribution in [0.25, 0.3) is 0 Å². The number of phenolic OH excluding ortho intramolecular Hbond substituents is 1. The molecule has 1 fully saturated rings. The minimum absolute atomic E-state index is 0.214. The number of morpholine rings is 1. The van der Waals surface area contributed by atoms with Gasteiger partial charge in [-0.25, -0.2) is 0 Å². The average molecular weight is 266 g/mol. The van der Waals surface area contributed by atoms with Gasteiger partial charge in [0.2, 0.25) is 0 Å². The molecule has 0 spiro atoms. The summed E-state index contributed by atoms with van der Waals surface area (Å²) >= 11 is 0. The van der Waals surface area contributed by atoms with Crippen LogP contribution in [0.15, 0.2) is 18.2 Å². The fraction of sp³-hybridized carbons (Fsp3) is 0.571. The standard InChI is InChI=1S/C14H22N2O3/c1-16(10-13-8-15-5-6-19-13)9-11-7-12(18-2)3-4-14(11)17/h3-4,7,13,15,17H,5-6,8-10H2,1-2H3. The lowest BCUT2D eigenvalue weighted by atomic mass is 10.1. The maximum atomic E-state index is 9.86. The first-order valence-corrected chi connectivity index (χ1v) is 6.56. The third-order valence-corrected chi connectivity index (χ3v) is 3.25. The SMILES string of the molecule is COc1ccc(O)c(CN(C)CC2CNCCO2)c1. The number of nitrogens with zero attached hydrogens (tertiary/aromatic N) is 1. The summed E-state index contributed by atoms with van der Waals surface area (Å²) in [4.78, 5) is 2.14. The van der Waals surface area contributed by atoms with Crippen LogP contribution in [0.4, 0.5) is 0 Å². The molecule has 1 aliphatic heterocycles. The number of ether oxygens (including phenoxy) is 2. The van der Waals surface area contributed by atoms with Crippen molar-refractivity contribution in [2.24, 2.45) is 0 Å². The lowest BCUT2D eigenvalue weighted by Crippen LogP contribution is -2.44. The van der Waals surface area contributed by atoms with Crippen molar-refractivity contribution in [1.82, 2.24) is 10.2 Å². The molecule has 0 saturated carbocycles. The Hall–Kier alpha value is -1.30. The Morgan fingerprint density at radius 2 is 2.37 bits per heavy atom. The van der Waals surface area contributed by atoms with Crippen molar-refractivity contribution in [2.75, 3.05) is 40.4 Å². The van der Waals surface area contributed by atoms with E-state index in [0.717, 1.165) is 37.6 Å². The molecule has 0 aromatic heterocycles. The van der Waals surface area contributed by atoms with Crippen molar-refractivity contribution >= 4 is 0 Å². The zero-order chi connectivity index (χ0) is 13.7. The molecular formula is C14H22N2O3. The van der Waals surface area contributed by atoms with E-state index in [1.165, 1.54) is 0 Å². The lowest BCUT2D eigenvalue weighted by Gasteiger charge is -2.28. The summed E-state index contributed by atoms with van der Waals surface area (Å²) in [6.45, 7) is 4.08. The largest absolute Gasteiger partial charge is 0.508 e. The quantitative estimate of drug-likeness (QED) is 0.826. The van der Waals surface area contributed by atoms with E-state index in [4.69, 9.17) is 9.47 Å². The smallest absolute Gasteiger partial charge is 0.120 e. The van der Waals surface area contributed by atoms with Crippen molar-refractivity contribution in [2.45, 2.75) is 12.6 Å². The van der Waals surface area contributed by atoms with Gasteiger partial charge in [-0.3, -0.25) is 4.90 Å². The molecule has 19 heavy (non-hydrogen) atoms. The number of phenols is 1. The van der Waals surface area contributed by atoms with E-state index in [2.05, 4.69) is 10.2 Å². The molecule has 1 saturated heterocycles. The zero-order valence-corrected chi connectivity index (χ0v) is 11.6. The van der Waals surface area contributed by atoms with E-state index < -0.39 is 0 Å². The fourth-order valence-electron chi connectivity index (χ4n) is 2.26. The highest BCUT2D eigenvalue weighted by Gasteiger charge is 2.16. The molecule has 1 aromatic carbocycles. The van der Waals surface area contributed by atoms with Crippen LogP contribution in [-0.4, -0.2) is 56.5 Å². The molecule has 0 amide bonds. The van der Waals surface area contributed by atoms with Crippen molar-refractivity contribution in [3.8, 4) is 11.5 Å². The summed E-state index contributed by atoms with van der Waals surface area (Å²) < 4.78 is 10.8. The number of methoxy groups -OCH3 is 1. The number of benzene rings is 1. The molecule has 1 unspecified atom stereocenters. The van der Waals surface area contributed by atoms with Crippen LogP contribution in [0.2, 0.25) is 0 Å². The Morgan fingerprint density at radius 3 is 3.05 bits per heavy atom. The predicted octanol–water partition coefficient (Wildman–Crippen LogP) is 0.821. The summed E-state index contributed by atoms with van der Waals surface area (Å²) in [5, 5.41) is 13.2. The van der Waals surface area contributed by atoms with Gasteiger partial charge in [0.15, 0.2) is 0 Å². The highest BCUT2D eigenvalue weighted by Crippen LogP contribution is 2.24. The van der Waals surface area contributed by atoms with E-state index >= 15 is 0 Å². The van der Waals surface area contributed by atoms with Crippen LogP contribution in [0.5, 0.6) is 11.5 Å². The number of rotatable bonds is 5. The molecule has 106 valence electrons. The Balaban J connectivity index is 1.92. The summed E-state index contributed by atoms with van der Waals surface area (Å²) in [5.41, 5.74) is 0.866. The van der Waals surface area contributed by atoms with Gasteiger partial charge >= 0.3 is 0 Å². The Bertz CT molecular complexity index is 406. The first kappa shape index (κ1) is 14.1. The third kappa shape index (κ3) is 4.09. The predicted molar refractivity (Wildman–Crippen MR) is 73.6 cm³/mol. The van der Waals surface area contributed by atoms with Crippen molar-refractivity contribution in [3.05, 3.63) is 23.8 Å². The fourth-order valence-corrected chi connectivity index (χ4v) is 2.26. The molecule has 0 aliphatic carbocycles. The van der Waals surface area contributed by atoms with Crippen LogP contribution in [-0.2, 0) is 11.3 Å².